The van der Waals surface area contributed by atoms with Gasteiger partial charge in [-0.2, -0.15) is 0 Å². The van der Waals surface area contributed by atoms with E-state index in [2.05, 4.69) is 0 Å². The SMILES string of the molecule is COc1cc(-c2c(C(=O)O)c(N)[nH]c(=O)c2C(=O)O)cc(OC)c1OC(=O)OC(C)(C)C. The number of aromatic amines is 1. The van der Waals surface area contributed by atoms with E-state index in [4.69, 9.17) is 24.7 Å². The summed E-state index contributed by atoms with van der Waals surface area (Å²) in [7, 11) is 2.45. The van der Waals surface area contributed by atoms with Crippen LogP contribution < -0.4 is 25.5 Å². The van der Waals surface area contributed by atoms with Crippen molar-refractivity contribution in [1.82, 2.24) is 4.98 Å². The number of methoxy groups -OCH3 is 2. The number of H-pyrrole nitrogens is 1. The zero-order chi connectivity index (χ0) is 24.4. The van der Waals surface area contributed by atoms with E-state index in [9.17, 15) is 29.4 Å². The van der Waals surface area contributed by atoms with Crippen molar-refractivity contribution in [3.8, 4) is 28.4 Å². The fourth-order valence-electron chi connectivity index (χ4n) is 2.81. The molecule has 1 aromatic heterocycles. The lowest BCUT2D eigenvalue weighted by Crippen LogP contribution is -2.26. The summed E-state index contributed by atoms with van der Waals surface area (Å²) in [5.41, 5.74) is 1.60. The summed E-state index contributed by atoms with van der Waals surface area (Å²) in [6.45, 7) is 4.89. The highest BCUT2D eigenvalue weighted by Crippen LogP contribution is 2.43. The monoisotopic (exact) mass is 450 g/mol. The van der Waals surface area contributed by atoms with Gasteiger partial charge in [-0.3, -0.25) is 4.79 Å². The van der Waals surface area contributed by atoms with Gasteiger partial charge in [-0.05, 0) is 38.5 Å². The molecule has 0 spiro atoms. The Morgan fingerprint density at radius 3 is 1.88 bits per heavy atom. The molecule has 0 aliphatic rings. The van der Waals surface area contributed by atoms with Gasteiger partial charge in [0, 0.05) is 5.56 Å². The van der Waals surface area contributed by atoms with E-state index in [1.165, 1.54) is 26.4 Å². The summed E-state index contributed by atoms with van der Waals surface area (Å²) in [6, 6.07) is 2.35. The van der Waals surface area contributed by atoms with Gasteiger partial charge in [0.05, 0.1) is 14.2 Å². The number of aromatic carboxylic acids is 2. The van der Waals surface area contributed by atoms with Crippen LogP contribution in [0.25, 0.3) is 11.1 Å². The number of aromatic nitrogens is 1. The Kier molecular flexibility index (Phi) is 6.67. The third kappa shape index (κ3) is 4.91. The summed E-state index contributed by atoms with van der Waals surface area (Å²) < 4.78 is 20.7. The van der Waals surface area contributed by atoms with Crippen LogP contribution in [-0.4, -0.2) is 53.1 Å². The number of rotatable bonds is 6. The minimum absolute atomic E-state index is 0.0946. The third-order valence-corrected chi connectivity index (χ3v) is 4.00. The van der Waals surface area contributed by atoms with Crippen LogP contribution in [0.4, 0.5) is 10.6 Å². The highest BCUT2D eigenvalue weighted by atomic mass is 16.7. The van der Waals surface area contributed by atoms with Gasteiger partial charge in [0.15, 0.2) is 11.5 Å². The van der Waals surface area contributed by atoms with Gasteiger partial charge < -0.3 is 39.9 Å². The van der Waals surface area contributed by atoms with Crippen LogP contribution in [0.1, 0.15) is 41.5 Å². The van der Waals surface area contributed by atoms with Gasteiger partial charge in [0.25, 0.3) is 5.56 Å². The summed E-state index contributed by atoms with van der Waals surface area (Å²) in [5.74, 6) is -4.28. The van der Waals surface area contributed by atoms with Crippen LogP contribution in [0.2, 0.25) is 0 Å². The zero-order valence-electron chi connectivity index (χ0n) is 17.9. The molecule has 5 N–H and O–H groups in total. The standard InChI is InChI=1S/C20H22N2O10/c1-20(2,3)32-19(28)31-14-9(29-4)6-8(7-10(14)30-5)11-12(17(24)25)15(21)22-16(23)13(11)18(26)27/h6-7H,1-5H3,(H,24,25)(H,26,27)(H3,21,22,23). The van der Waals surface area contributed by atoms with Crippen molar-refractivity contribution in [2.75, 3.05) is 20.0 Å². The normalized spacial score (nSPS) is 10.9. The lowest BCUT2D eigenvalue weighted by Gasteiger charge is -2.21. The minimum Gasteiger partial charge on any atom is -0.493 e. The van der Waals surface area contributed by atoms with Crippen LogP contribution in [0.3, 0.4) is 0 Å². The van der Waals surface area contributed by atoms with Crippen molar-refractivity contribution in [2.24, 2.45) is 0 Å². The van der Waals surface area contributed by atoms with E-state index >= 15 is 0 Å². The van der Waals surface area contributed by atoms with Gasteiger partial charge in [0.2, 0.25) is 5.75 Å². The number of pyridine rings is 1. The number of ether oxygens (including phenoxy) is 4. The topological polar surface area (TPSA) is 187 Å². The van der Waals surface area contributed by atoms with Crippen molar-refractivity contribution in [3.05, 3.63) is 33.6 Å². The molecule has 32 heavy (non-hydrogen) atoms. The van der Waals surface area contributed by atoms with Gasteiger partial charge in [0.1, 0.15) is 22.5 Å². The maximum atomic E-state index is 12.2. The summed E-state index contributed by atoms with van der Waals surface area (Å²) >= 11 is 0. The van der Waals surface area contributed by atoms with Crippen molar-refractivity contribution in [3.63, 3.8) is 0 Å². The smallest absolute Gasteiger partial charge is 0.493 e. The van der Waals surface area contributed by atoms with Crippen molar-refractivity contribution in [2.45, 2.75) is 26.4 Å². The number of nitrogens with two attached hydrogens (primary N) is 1. The van der Waals surface area contributed by atoms with E-state index in [1.54, 1.807) is 20.8 Å². The number of hydrogen-bond acceptors (Lipinski definition) is 9. The molecule has 0 atom stereocenters. The second-order valence-corrected chi connectivity index (χ2v) is 7.38. The van der Waals surface area contributed by atoms with Crippen LogP contribution in [0.5, 0.6) is 17.2 Å². The predicted molar refractivity (Wildman–Crippen MR) is 111 cm³/mol. The molecule has 2 aromatic rings. The first-order valence-electron chi connectivity index (χ1n) is 9.00. The number of hydrogen-bond donors (Lipinski definition) is 4. The first-order valence-corrected chi connectivity index (χ1v) is 9.00. The van der Waals surface area contributed by atoms with Gasteiger partial charge in [-0.15, -0.1) is 0 Å². The third-order valence-electron chi connectivity index (χ3n) is 4.00. The molecule has 0 saturated carbocycles. The van der Waals surface area contributed by atoms with Crippen molar-refractivity contribution < 1.29 is 43.5 Å². The summed E-state index contributed by atoms with van der Waals surface area (Å²) in [6.07, 6.45) is -1.07. The molecule has 0 radical (unpaired) electrons. The predicted octanol–water partition coefficient (Wildman–Crippen LogP) is 2.35. The van der Waals surface area contributed by atoms with Gasteiger partial charge >= 0.3 is 18.1 Å². The number of carbonyl (C=O) groups is 3. The molecule has 172 valence electrons. The molecule has 0 fully saturated rings. The second-order valence-electron chi connectivity index (χ2n) is 7.38. The lowest BCUT2D eigenvalue weighted by atomic mass is 9.95. The Bertz CT molecular complexity index is 1120. The Hall–Kier alpha value is -4.22. The molecular formula is C20H22N2O10. The van der Waals surface area contributed by atoms with Crippen LogP contribution in [-0.2, 0) is 4.74 Å². The molecule has 12 nitrogen and oxygen atoms in total. The van der Waals surface area contributed by atoms with Gasteiger partial charge in [-0.25, -0.2) is 14.4 Å². The molecule has 0 aliphatic carbocycles. The number of carboxylic acids is 2. The quantitative estimate of drug-likeness (QED) is 0.373. The Morgan fingerprint density at radius 2 is 1.47 bits per heavy atom. The molecule has 2 rings (SSSR count). The molecule has 12 heteroatoms. The molecule has 0 bridgehead atoms. The number of carbonyl (C=O) groups excluding carboxylic acids is 1. The molecule has 1 aromatic carbocycles. The Balaban J connectivity index is 2.82. The fourth-order valence-corrected chi connectivity index (χ4v) is 2.81. The zero-order valence-corrected chi connectivity index (χ0v) is 17.9. The molecular weight excluding hydrogens is 428 g/mol. The van der Waals surface area contributed by atoms with Crippen LogP contribution in [0, 0.1) is 0 Å². The maximum Gasteiger partial charge on any atom is 0.514 e. The fraction of sp³-hybridized carbons (Fsp3) is 0.300. The second kappa shape index (κ2) is 8.88. The Labute approximate surface area is 181 Å². The average molecular weight is 450 g/mol. The van der Waals surface area contributed by atoms with Crippen LogP contribution in [0.15, 0.2) is 16.9 Å². The average Bonchev–Trinajstić information content (AvgIpc) is 2.65. The number of anilines is 1. The lowest BCUT2D eigenvalue weighted by molar-refractivity contribution is 0.0195. The van der Waals surface area contributed by atoms with E-state index in [-0.39, 0.29) is 22.8 Å². The first-order chi connectivity index (χ1) is 14.8. The first kappa shape index (κ1) is 24.1. The molecule has 0 amide bonds. The Morgan fingerprint density at radius 1 is 0.969 bits per heavy atom. The molecule has 0 unspecified atom stereocenters. The van der Waals surface area contributed by atoms with E-state index < -0.39 is 51.8 Å². The summed E-state index contributed by atoms with van der Waals surface area (Å²) in [5, 5.41) is 19.1. The van der Waals surface area contributed by atoms with Crippen LogP contribution >= 0.6 is 0 Å². The number of nitrogens with one attached hydrogen (secondary N) is 1. The van der Waals surface area contributed by atoms with E-state index in [0.29, 0.717) is 0 Å². The molecule has 0 saturated heterocycles. The van der Waals surface area contributed by atoms with E-state index in [0.717, 1.165) is 0 Å². The van der Waals surface area contributed by atoms with Gasteiger partial charge in [-0.1, -0.05) is 0 Å². The molecule has 0 aliphatic heterocycles. The minimum atomic E-state index is -1.68. The van der Waals surface area contributed by atoms with Crippen molar-refractivity contribution >= 4 is 23.9 Å². The maximum absolute atomic E-state index is 12.2. The summed E-state index contributed by atoms with van der Waals surface area (Å²) in [4.78, 5) is 49.9. The van der Waals surface area contributed by atoms with E-state index in [1.807, 2.05) is 4.98 Å². The number of carboxylic acid groups (broad SMARTS) is 2. The van der Waals surface area contributed by atoms with Crippen molar-refractivity contribution in [1.29, 1.82) is 0 Å². The highest BCUT2D eigenvalue weighted by Gasteiger charge is 2.29. The number of benzene rings is 1. The molecule has 1 heterocycles. The number of nitrogen functional groups attached to an aromatic ring is 1. The highest BCUT2D eigenvalue weighted by molar-refractivity contribution is 6.07. The largest absolute Gasteiger partial charge is 0.514 e.